The van der Waals surface area contributed by atoms with Gasteiger partial charge in [0.15, 0.2) is 0 Å². The van der Waals surface area contributed by atoms with Crippen molar-refractivity contribution in [3.63, 3.8) is 0 Å². The zero-order chi connectivity index (χ0) is 13.9. The summed E-state index contributed by atoms with van der Waals surface area (Å²) in [6.07, 6.45) is 6.50. The van der Waals surface area contributed by atoms with Gasteiger partial charge in [-0.05, 0) is 13.3 Å². The SMILES string of the molecule is C#CCS(=O)(=O)O.C=C(C)C(=O)OCCCC. The lowest BCUT2D eigenvalue weighted by atomic mass is 10.3. The van der Waals surface area contributed by atoms with Crippen LogP contribution >= 0.6 is 0 Å². The van der Waals surface area contributed by atoms with Gasteiger partial charge in [0.25, 0.3) is 10.1 Å². The molecule has 0 aliphatic rings. The molecule has 5 nitrogen and oxygen atoms in total. The van der Waals surface area contributed by atoms with E-state index >= 15 is 0 Å². The van der Waals surface area contributed by atoms with Gasteiger partial charge in [-0.1, -0.05) is 25.8 Å². The van der Waals surface area contributed by atoms with E-state index in [-0.39, 0.29) is 5.97 Å². The molecule has 0 aliphatic heterocycles. The minimum absolute atomic E-state index is 0.284. The summed E-state index contributed by atoms with van der Waals surface area (Å²) in [6, 6.07) is 0. The molecule has 0 aromatic rings. The molecule has 0 spiro atoms. The molecule has 0 saturated heterocycles. The van der Waals surface area contributed by atoms with Gasteiger partial charge >= 0.3 is 5.97 Å². The van der Waals surface area contributed by atoms with Crippen molar-refractivity contribution in [1.29, 1.82) is 0 Å². The Morgan fingerprint density at radius 1 is 1.53 bits per heavy atom. The van der Waals surface area contributed by atoms with Crippen LogP contribution in [0.3, 0.4) is 0 Å². The van der Waals surface area contributed by atoms with Gasteiger partial charge in [-0.2, -0.15) is 8.42 Å². The second-order valence-corrected chi connectivity index (χ2v) is 4.65. The average Bonchev–Trinajstić information content (AvgIpc) is 2.16. The Bertz CT molecular complexity index is 375. The van der Waals surface area contributed by atoms with Gasteiger partial charge in [-0.3, -0.25) is 4.55 Å². The molecule has 0 aromatic heterocycles. The van der Waals surface area contributed by atoms with E-state index in [0.717, 1.165) is 12.8 Å². The van der Waals surface area contributed by atoms with Crippen LogP contribution in [-0.2, 0) is 19.6 Å². The third kappa shape index (κ3) is 17.3. The van der Waals surface area contributed by atoms with Crippen LogP contribution in [0.5, 0.6) is 0 Å². The monoisotopic (exact) mass is 262 g/mol. The maximum atomic E-state index is 10.7. The number of hydrogen-bond acceptors (Lipinski definition) is 4. The van der Waals surface area contributed by atoms with E-state index in [2.05, 4.69) is 19.9 Å². The van der Waals surface area contributed by atoms with E-state index in [9.17, 15) is 13.2 Å². The highest BCUT2D eigenvalue weighted by Crippen LogP contribution is 1.94. The standard InChI is InChI=1S/C8H14O2.C3H4O3S/c1-4-5-6-10-8(9)7(2)3;1-2-3-7(4,5)6/h2,4-6H2,1,3H3;1H,3H2,(H,4,5,6). The number of carbonyl (C=O) groups is 1. The van der Waals surface area contributed by atoms with Crippen molar-refractivity contribution in [2.75, 3.05) is 12.4 Å². The molecule has 1 N–H and O–H groups in total. The first-order chi connectivity index (χ1) is 7.74. The van der Waals surface area contributed by atoms with Crippen LogP contribution in [-0.4, -0.2) is 31.3 Å². The molecule has 6 heteroatoms. The van der Waals surface area contributed by atoms with Crippen LogP contribution in [0.2, 0.25) is 0 Å². The van der Waals surface area contributed by atoms with Gasteiger partial charge in [0.2, 0.25) is 0 Å². The molecule has 0 amide bonds. The van der Waals surface area contributed by atoms with Crippen molar-refractivity contribution in [3.8, 4) is 12.3 Å². The van der Waals surface area contributed by atoms with Crippen molar-refractivity contribution in [2.24, 2.45) is 0 Å². The van der Waals surface area contributed by atoms with Crippen molar-refractivity contribution in [3.05, 3.63) is 12.2 Å². The number of ether oxygens (including phenoxy) is 1. The lowest BCUT2D eigenvalue weighted by Gasteiger charge is -2.01. The van der Waals surface area contributed by atoms with Crippen molar-refractivity contribution >= 4 is 16.1 Å². The number of hydrogen-bond donors (Lipinski definition) is 1. The zero-order valence-electron chi connectivity index (χ0n) is 10.1. The summed E-state index contributed by atoms with van der Waals surface area (Å²) in [6.45, 7) is 7.67. The summed E-state index contributed by atoms with van der Waals surface area (Å²) in [5.74, 6) is 0.882. The molecular weight excluding hydrogens is 244 g/mol. The molecule has 0 unspecified atom stereocenters. The third-order valence-corrected chi connectivity index (χ3v) is 1.88. The first-order valence-electron chi connectivity index (χ1n) is 4.95. The maximum absolute atomic E-state index is 10.7. The Labute approximate surface area is 103 Å². The largest absolute Gasteiger partial charge is 0.462 e. The van der Waals surface area contributed by atoms with Crippen molar-refractivity contribution in [1.82, 2.24) is 0 Å². The second-order valence-electron chi connectivity index (χ2n) is 3.20. The topological polar surface area (TPSA) is 80.7 Å². The van der Waals surface area contributed by atoms with Gasteiger partial charge in [0, 0.05) is 5.57 Å². The highest BCUT2D eigenvalue weighted by molar-refractivity contribution is 7.86. The molecule has 0 atom stereocenters. The Balaban J connectivity index is 0. The predicted octanol–water partition coefficient (Wildman–Crippen LogP) is 1.41. The minimum Gasteiger partial charge on any atom is -0.462 e. The van der Waals surface area contributed by atoms with E-state index < -0.39 is 15.9 Å². The Morgan fingerprint density at radius 2 is 2.06 bits per heavy atom. The number of terminal acetylenes is 1. The first kappa shape index (κ1) is 18.1. The molecule has 98 valence electrons. The van der Waals surface area contributed by atoms with Crippen LogP contribution < -0.4 is 0 Å². The van der Waals surface area contributed by atoms with Crippen LogP contribution in [0, 0.1) is 12.3 Å². The molecular formula is C11H18O5S. The smallest absolute Gasteiger partial charge is 0.333 e. The Hall–Kier alpha value is -1.32. The summed E-state index contributed by atoms with van der Waals surface area (Å²) >= 11 is 0. The first-order valence-corrected chi connectivity index (χ1v) is 6.56. The van der Waals surface area contributed by atoms with Crippen LogP contribution in [0.25, 0.3) is 0 Å². The average molecular weight is 262 g/mol. The number of unbranched alkanes of at least 4 members (excludes halogenated alkanes) is 1. The Morgan fingerprint density at radius 3 is 2.29 bits per heavy atom. The molecule has 0 rings (SSSR count). The lowest BCUT2D eigenvalue weighted by molar-refractivity contribution is -0.139. The van der Waals surface area contributed by atoms with Gasteiger partial charge in [-0.15, -0.1) is 6.42 Å². The van der Waals surface area contributed by atoms with Gasteiger partial charge < -0.3 is 4.74 Å². The highest BCUT2D eigenvalue weighted by atomic mass is 32.2. The van der Waals surface area contributed by atoms with Crippen LogP contribution in [0.15, 0.2) is 12.2 Å². The summed E-state index contributed by atoms with van der Waals surface area (Å²) < 4.78 is 31.9. The van der Waals surface area contributed by atoms with Crippen LogP contribution in [0.1, 0.15) is 26.7 Å². The third-order valence-electron chi connectivity index (χ3n) is 1.35. The fourth-order valence-electron chi connectivity index (χ4n) is 0.538. The fourth-order valence-corrected chi connectivity index (χ4v) is 0.748. The molecule has 17 heavy (non-hydrogen) atoms. The molecule has 0 aromatic carbocycles. The molecule has 0 saturated carbocycles. The normalized spacial score (nSPS) is 9.53. The Kier molecular flexibility index (Phi) is 10.5. The van der Waals surface area contributed by atoms with E-state index in [0.29, 0.717) is 12.2 Å². The van der Waals surface area contributed by atoms with E-state index in [4.69, 9.17) is 9.29 Å². The molecule has 0 heterocycles. The highest BCUT2D eigenvalue weighted by Gasteiger charge is 2.00. The minimum atomic E-state index is -3.91. The summed E-state index contributed by atoms with van der Waals surface area (Å²) in [7, 11) is -3.91. The van der Waals surface area contributed by atoms with Gasteiger partial charge in [-0.25, -0.2) is 4.79 Å². The maximum Gasteiger partial charge on any atom is 0.333 e. The van der Waals surface area contributed by atoms with Crippen molar-refractivity contribution in [2.45, 2.75) is 26.7 Å². The summed E-state index contributed by atoms with van der Waals surface area (Å²) in [5, 5.41) is 0. The van der Waals surface area contributed by atoms with E-state index in [1.54, 1.807) is 12.8 Å². The molecule has 0 bridgehead atoms. The van der Waals surface area contributed by atoms with Crippen LogP contribution in [0.4, 0.5) is 0 Å². The summed E-state index contributed by atoms with van der Waals surface area (Å²) in [5.41, 5.74) is 0.469. The molecule has 0 fully saturated rings. The van der Waals surface area contributed by atoms with Gasteiger partial charge in [0.05, 0.1) is 6.61 Å². The van der Waals surface area contributed by atoms with E-state index in [1.807, 2.05) is 0 Å². The van der Waals surface area contributed by atoms with Crippen molar-refractivity contribution < 1.29 is 22.5 Å². The zero-order valence-corrected chi connectivity index (χ0v) is 10.9. The number of carbonyl (C=O) groups excluding carboxylic acids is 1. The second kappa shape index (κ2) is 9.87. The molecule has 0 radical (unpaired) electrons. The van der Waals surface area contributed by atoms with Gasteiger partial charge in [0.1, 0.15) is 5.75 Å². The summed E-state index contributed by atoms with van der Waals surface area (Å²) in [4.78, 5) is 10.7. The predicted molar refractivity (Wildman–Crippen MR) is 65.9 cm³/mol. The number of esters is 1. The fraction of sp³-hybridized carbons (Fsp3) is 0.545. The van der Waals surface area contributed by atoms with E-state index in [1.165, 1.54) is 0 Å². The number of rotatable bonds is 5. The quantitative estimate of drug-likeness (QED) is 0.266. The molecule has 0 aliphatic carbocycles. The lowest BCUT2D eigenvalue weighted by Crippen LogP contribution is -2.05.